The first-order valence-electron chi connectivity index (χ1n) is 5.40. The highest BCUT2D eigenvalue weighted by Gasteiger charge is 2.12. The van der Waals surface area contributed by atoms with Gasteiger partial charge in [0, 0.05) is 0 Å². The average Bonchev–Trinajstić information content (AvgIpc) is 2.70. The lowest BCUT2D eigenvalue weighted by molar-refractivity contribution is -0.117. The summed E-state index contributed by atoms with van der Waals surface area (Å²) >= 11 is 0. The van der Waals surface area contributed by atoms with Crippen LogP contribution in [0.5, 0.6) is 0 Å². The Morgan fingerprint density at radius 1 is 1.53 bits per heavy atom. The molecule has 19 heavy (non-hydrogen) atoms. The zero-order valence-electron chi connectivity index (χ0n) is 10.5. The van der Waals surface area contributed by atoms with E-state index in [1.165, 1.54) is 6.20 Å². The van der Waals surface area contributed by atoms with Gasteiger partial charge in [-0.05, 0) is 19.4 Å². The number of hydrogen-bond donors (Lipinski definition) is 2. The summed E-state index contributed by atoms with van der Waals surface area (Å²) < 4.78 is 4.98. The largest absolute Gasteiger partial charge is 0.336 e. The number of nitrogens with two attached hydrogens (primary N) is 1. The van der Waals surface area contributed by atoms with Crippen LogP contribution in [-0.4, -0.2) is 22.1 Å². The summed E-state index contributed by atoms with van der Waals surface area (Å²) in [6, 6.07) is 1.27. The van der Waals surface area contributed by atoms with Gasteiger partial charge in [0.15, 0.2) is 0 Å². The van der Waals surface area contributed by atoms with Crippen molar-refractivity contribution in [2.75, 3.05) is 5.32 Å². The molecule has 1 amide bonds. The molecule has 0 saturated carbocycles. The first-order valence-corrected chi connectivity index (χ1v) is 5.40. The third kappa shape index (κ3) is 3.79. The van der Waals surface area contributed by atoms with Crippen LogP contribution in [0.15, 0.2) is 16.8 Å². The topological polar surface area (TPSA) is 94.0 Å². The molecule has 2 rings (SSSR count). The Morgan fingerprint density at radius 3 is 2.84 bits per heavy atom. The van der Waals surface area contributed by atoms with E-state index in [0.29, 0.717) is 17.8 Å². The Kier molecular flexibility index (Phi) is 6.75. The van der Waals surface area contributed by atoms with Gasteiger partial charge < -0.3 is 15.6 Å². The number of aryl methyl sites for hydroxylation is 1. The summed E-state index contributed by atoms with van der Waals surface area (Å²) in [5.74, 6) is -0.220. The van der Waals surface area contributed by atoms with E-state index < -0.39 is 6.04 Å². The summed E-state index contributed by atoms with van der Waals surface area (Å²) in [6.45, 7) is 3.67. The molecule has 8 heteroatoms. The minimum Gasteiger partial charge on any atom is -0.336 e. The molecule has 2 heterocycles. The maximum Gasteiger partial charge on any atom is 0.258 e. The van der Waals surface area contributed by atoms with E-state index in [0.717, 1.165) is 11.1 Å². The summed E-state index contributed by atoms with van der Waals surface area (Å²) in [5, 5.41) is 7.28. The predicted molar refractivity (Wildman–Crippen MR) is 77.9 cm³/mol. The Morgan fingerprint density at radius 2 is 2.21 bits per heavy atom. The van der Waals surface area contributed by atoms with Crippen LogP contribution in [-0.2, 0) is 4.79 Å². The second-order valence-electron chi connectivity index (χ2n) is 3.85. The van der Waals surface area contributed by atoms with Crippen LogP contribution in [0.25, 0.3) is 11.1 Å². The molecule has 0 aromatic carbocycles. The molecule has 3 N–H and O–H groups in total. The molecule has 0 bridgehead atoms. The minimum atomic E-state index is -0.505. The number of amides is 1. The van der Waals surface area contributed by atoms with Crippen molar-refractivity contribution in [1.29, 1.82) is 0 Å². The molecule has 0 spiro atoms. The molecular formula is C11H16Cl2N4O2. The van der Waals surface area contributed by atoms with Gasteiger partial charge in [-0.1, -0.05) is 12.1 Å². The van der Waals surface area contributed by atoms with Gasteiger partial charge in [0.25, 0.3) is 5.71 Å². The molecule has 0 aliphatic carbocycles. The van der Waals surface area contributed by atoms with Crippen molar-refractivity contribution in [3.8, 4) is 0 Å². The number of anilines is 1. The molecular weight excluding hydrogens is 291 g/mol. The molecule has 0 aliphatic rings. The molecule has 6 nitrogen and oxygen atoms in total. The van der Waals surface area contributed by atoms with Crippen LogP contribution in [0.2, 0.25) is 0 Å². The normalized spacial score (nSPS) is 11.3. The van der Waals surface area contributed by atoms with Crippen LogP contribution >= 0.6 is 24.8 Å². The number of aromatic nitrogens is 2. The average molecular weight is 307 g/mol. The van der Waals surface area contributed by atoms with Gasteiger partial charge in [-0.25, -0.2) is 4.98 Å². The maximum atomic E-state index is 11.6. The second-order valence-corrected chi connectivity index (χ2v) is 3.85. The molecule has 0 aliphatic heterocycles. The Labute approximate surface area is 122 Å². The smallest absolute Gasteiger partial charge is 0.258 e. The highest BCUT2D eigenvalue weighted by Crippen LogP contribution is 2.19. The van der Waals surface area contributed by atoms with E-state index in [2.05, 4.69) is 15.5 Å². The number of carbonyl (C=O) groups is 1. The third-order valence-corrected chi connectivity index (χ3v) is 2.55. The van der Waals surface area contributed by atoms with Crippen LogP contribution in [0.4, 0.5) is 5.69 Å². The number of fused-ring (bicyclic) bond motifs is 1. The fraction of sp³-hybridized carbons (Fsp3) is 0.364. The summed E-state index contributed by atoms with van der Waals surface area (Å²) in [5.41, 5.74) is 7.42. The highest BCUT2D eigenvalue weighted by atomic mass is 35.5. The molecule has 2 aromatic heterocycles. The Balaban J connectivity index is 0.00000162. The minimum absolute atomic E-state index is 0. The monoisotopic (exact) mass is 306 g/mol. The Hall–Kier alpha value is -1.37. The van der Waals surface area contributed by atoms with Gasteiger partial charge >= 0.3 is 0 Å². The van der Waals surface area contributed by atoms with E-state index in [1.807, 2.05) is 13.8 Å². The molecule has 0 saturated heterocycles. The molecule has 1 atom stereocenters. The standard InChI is InChI=1S/C11H14N4O2.2ClH/c1-3-9(12)10(16)14-7-4-8-6(2)15-17-11(8)13-5-7;;/h4-5,9H,3,12H2,1-2H3,(H,14,16);2*1H. The second kappa shape index (κ2) is 7.28. The van der Waals surface area contributed by atoms with Gasteiger partial charge in [-0.15, -0.1) is 24.8 Å². The van der Waals surface area contributed by atoms with Crippen molar-refractivity contribution >= 4 is 47.5 Å². The first kappa shape index (κ1) is 17.6. The Bertz CT molecular complexity index is 559. The van der Waals surface area contributed by atoms with Crippen molar-refractivity contribution in [2.24, 2.45) is 5.73 Å². The van der Waals surface area contributed by atoms with E-state index in [9.17, 15) is 4.79 Å². The number of pyridine rings is 1. The number of nitrogens with one attached hydrogen (secondary N) is 1. The number of carbonyl (C=O) groups excluding carboxylic acids is 1. The molecule has 2 aromatic rings. The number of nitrogens with zero attached hydrogens (tertiary/aromatic N) is 2. The molecule has 1 unspecified atom stereocenters. The van der Waals surface area contributed by atoms with E-state index in [-0.39, 0.29) is 30.7 Å². The van der Waals surface area contributed by atoms with Gasteiger partial charge in [0.05, 0.1) is 29.0 Å². The molecule has 0 fully saturated rings. The maximum absolute atomic E-state index is 11.6. The summed E-state index contributed by atoms with van der Waals surface area (Å²) in [6.07, 6.45) is 2.11. The van der Waals surface area contributed by atoms with E-state index in [4.69, 9.17) is 10.3 Å². The van der Waals surface area contributed by atoms with Gasteiger partial charge in [0.2, 0.25) is 5.91 Å². The van der Waals surface area contributed by atoms with E-state index in [1.54, 1.807) is 6.07 Å². The number of rotatable bonds is 3. The van der Waals surface area contributed by atoms with Crippen molar-refractivity contribution < 1.29 is 9.32 Å². The summed E-state index contributed by atoms with van der Waals surface area (Å²) in [4.78, 5) is 15.7. The number of hydrogen-bond acceptors (Lipinski definition) is 5. The lowest BCUT2D eigenvalue weighted by Gasteiger charge is -2.09. The van der Waals surface area contributed by atoms with Gasteiger partial charge in [0.1, 0.15) is 0 Å². The lowest BCUT2D eigenvalue weighted by Crippen LogP contribution is -2.34. The van der Waals surface area contributed by atoms with Crippen LogP contribution in [0.1, 0.15) is 19.0 Å². The number of halogens is 2. The molecule has 0 radical (unpaired) electrons. The summed E-state index contributed by atoms with van der Waals surface area (Å²) in [7, 11) is 0. The fourth-order valence-corrected chi connectivity index (χ4v) is 1.43. The van der Waals surface area contributed by atoms with E-state index >= 15 is 0 Å². The highest BCUT2D eigenvalue weighted by molar-refractivity contribution is 5.96. The predicted octanol–water partition coefficient (Wildman–Crippen LogP) is 2.05. The SMILES string of the molecule is CCC(N)C(=O)Nc1cnc2onc(C)c2c1.Cl.Cl. The van der Waals surface area contributed by atoms with Gasteiger partial charge in [-0.2, -0.15) is 0 Å². The van der Waals surface area contributed by atoms with Crippen LogP contribution < -0.4 is 11.1 Å². The lowest BCUT2D eigenvalue weighted by atomic mass is 10.2. The van der Waals surface area contributed by atoms with Crippen molar-refractivity contribution in [1.82, 2.24) is 10.1 Å². The molecule has 106 valence electrons. The van der Waals surface area contributed by atoms with Crippen molar-refractivity contribution in [2.45, 2.75) is 26.3 Å². The first-order chi connectivity index (χ1) is 8.11. The fourth-order valence-electron chi connectivity index (χ4n) is 1.43. The zero-order valence-corrected chi connectivity index (χ0v) is 12.2. The van der Waals surface area contributed by atoms with Crippen LogP contribution in [0.3, 0.4) is 0 Å². The quantitative estimate of drug-likeness (QED) is 0.905. The van der Waals surface area contributed by atoms with Crippen molar-refractivity contribution in [3.05, 3.63) is 18.0 Å². The third-order valence-electron chi connectivity index (χ3n) is 2.55. The zero-order chi connectivity index (χ0) is 12.4. The van der Waals surface area contributed by atoms with Crippen molar-refractivity contribution in [3.63, 3.8) is 0 Å². The van der Waals surface area contributed by atoms with Gasteiger partial charge in [-0.3, -0.25) is 4.79 Å². The van der Waals surface area contributed by atoms with Crippen LogP contribution in [0, 0.1) is 6.92 Å².